The summed E-state index contributed by atoms with van der Waals surface area (Å²) in [5.74, 6) is 0. The van der Waals surface area contributed by atoms with Gasteiger partial charge in [-0.1, -0.05) is 11.6 Å². The molecule has 0 unspecified atom stereocenters. The molecular formula is C11H17NO. The van der Waals surface area contributed by atoms with Crippen LogP contribution in [0.15, 0.2) is 23.4 Å². The van der Waals surface area contributed by atoms with Gasteiger partial charge < -0.3 is 9.69 Å². The molecule has 0 aromatic heterocycles. The summed E-state index contributed by atoms with van der Waals surface area (Å²) in [5.41, 5.74) is 2.70. The van der Waals surface area contributed by atoms with Crippen molar-refractivity contribution in [2.45, 2.75) is 26.7 Å². The molecule has 0 aromatic rings. The lowest BCUT2D eigenvalue weighted by molar-refractivity contribution is -0.107. The van der Waals surface area contributed by atoms with Crippen molar-refractivity contribution in [3.8, 4) is 0 Å². The number of aldehydes is 1. The summed E-state index contributed by atoms with van der Waals surface area (Å²) in [4.78, 5) is 12.4. The number of hydrogen-bond acceptors (Lipinski definition) is 2. The van der Waals surface area contributed by atoms with Crippen LogP contribution < -0.4 is 0 Å². The van der Waals surface area contributed by atoms with Crippen LogP contribution in [0, 0.1) is 0 Å². The normalized spacial score (nSPS) is 16.6. The van der Waals surface area contributed by atoms with Crippen LogP contribution in [-0.2, 0) is 4.79 Å². The summed E-state index contributed by atoms with van der Waals surface area (Å²) in [6, 6.07) is 0. The Morgan fingerprint density at radius 3 is 2.92 bits per heavy atom. The van der Waals surface area contributed by atoms with Gasteiger partial charge in [0.25, 0.3) is 0 Å². The Kier molecular flexibility index (Phi) is 3.74. The summed E-state index contributed by atoms with van der Waals surface area (Å²) >= 11 is 0. The molecule has 0 fully saturated rings. The second-order valence-electron chi connectivity index (χ2n) is 3.64. The molecule has 1 aliphatic heterocycles. The Bertz CT molecular complexity index is 240. The van der Waals surface area contributed by atoms with Crippen molar-refractivity contribution < 1.29 is 4.79 Å². The minimum absolute atomic E-state index is 0.673. The summed E-state index contributed by atoms with van der Waals surface area (Å²) in [6.07, 6.45) is 6.99. The maximum absolute atomic E-state index is 10.1. The third-order valence-electron chi connectivity index (χ3n) is 2.08. The molecule has 13 heavy (non-hydrogen) atoms. The molecule has 2 heteroatoms. The van der Waals surface area contributed by atoms with E-state index < -0.39 is 0 Å². The fourth-order valence-electron chi connectivity index (χ4n) is 1.65. The minimum Gasteiger partial charge on any atom is -0.373 e. The smallest absolute Gasteiger partial charge is 0.120 e. The molecule has 0 saturated heterocycles. The van der Waals surface area contributed by atoms with Gasteiger partial charge in [-0.05, 0) is 25.8 Å². The maximum atomic E-state index is 10.1. The van der Waals surface area contributed by atoms with E-state index in [0.29, 0.717) is 6.42 Å². The van der Waals surface area contributed by atoms with E-state index in [1.807, 2.05) is 0 Å². The molecule has 0 amide bonds. The first kappa shape index (κ1) is 10.0. The summed E-state index contributed by atoms with van der Waals surface area (Å²) in [7, 11) is 0. The molecule has 1 rings (SSSR count). The topological polar surface area (TPSA) is 20.3 Å². The van der Waals surface area contributed by atoms with E-state index in [1.165, 1.54) is 11.1 Å². The van der Waals surface area contributed by atoms with E-state index in [0.717, 1.165) is 25.8 Å². The summed E-state index contributed by atoms with van der Waals surface area (Å²) in [5, 5.41) is 0. The van der Waals surface area contributed by atoms with E-state index >= 15 is 0 Å². The van der Waals surface area contributed by atoms with Crippen molar-refractivity contribution in [2.75, 3.05) is 13.1 Å². The first-order valence-corrected chi connectivity index (χ1v) is 4.75. The predicted octanol–water partition coefficient (Wildman–Crippen LogP) is 2.13. The van der Waals surface area contributed by atoms with Gasteiger partial charge in [-0.25, -0.2) is 0 Å². The third kappa shape index (κ3) is 3.45. The highest BCUT2D eigenvalue weighted by Gasteiger charge is 2.05. The molecule has 1 heterocycles. The minimum atomic E-state index is 0.673. The monoisotopic (exact) mass is 179 g/mol. The molecule has 0 N–H and O–H groups in total. The molecule has 0 radical (unpaired) electrons. The highest BCUT2D eigenvalue weighted by Crippen LogP contribution is 2.12. The molecule has 0 aromatic carbocycles. The zero-order valence-corrected chi connectivity index (χ0v) is 8.42. The second-order valence-corrected chi connectivity index (χ2v) is 3.64. The Hall–Kier alpha value is -1.05. The average Bonchev–Trinajstić information content (AvgIpc) is 2.03. The Labute approximate surface area is 79.9 Å². The van der Waals surface area contributed by atoms with E-state index in [1.54, 1.807) is 0 Å². The predicted molar refractivity (Wildman–Crippen MR) is 54.4 cm³/mol. The highest BCUT2D eigenvalue weighted by atomic mass is 16.1. The second kappa shape index (κ2) is 4.85. The number of rotatable bonds is 4. The molecule has 0 saturated carbocycles. The zero-order chi connectivity index (χ0) is 9.68. The number of carbonyl (C=O) groups is 1. The van der Waals surface area contributed by atoms with Crippen LogP contribution >= 0.6 is 0 Å². The van der Waals surface area contributed by atoms with Gasteiger partial charge >= 0.3 is 0 Å². The van der Waals surface area contributed by atoms with Gasteiger partial charge in [0, 0.05) is 25.7 Å². The largest absolute Gasteiger partial charge is 0.373 e. The van der Waals surface area contributed by atoms with Crippen molar-refractivity contribution in [3.05, 3.63) is 23.4 Å². The van der Waals surface area contributed by atoms with Crippen LogP contribution in [0.1, 0.15) is 26.7 Å². The SMILES string of the molecule is CC1=CN(CCCC=O)CC(C)=C1. The standard InChI is InChI=1S/C11H17NO/c1-10-7-11(2)9-12(8-10)5-3-4-6-13/h6-8H,3-5,9H2,1-2H3. The lowest BCUT2D eigenvalue weighted by Crippen LogP contribution is -2.23. The number of hydrogen-bond donors (Lipinski definition) is 0. The van der Waals surface area contributed by atoms with Crippen LogP contribution in [0.5, 0.6) is 0 Å². The Morgan fingerprint density at radius 1 is 1.54 bits per heavy atom. The maximum Gasteiger partial charge on any atom is 0.120 e. The number of allylic oxidation sites excluding steroid dienone is 2. The van der Waals surface area contributed by atoms with E-state index in [4.69, 9.17) is 0 Å². The Balaban J connectivity index is 2.37. The van der Waals surface area contributed by atoms with Crippen LogP contribution in [-0.4, -0.2) is 24.3 Å². The van der Waals surface area contributed by atoms with E-state index in [2.05, 4.69) is 31.0 Å². The first-order valence-electron chi connectivity index (χ1n) is 4.75. The number of nitrogens with zero attached hydrogens (tertiary/aromatic N) is 1. The number of carbonyl (C=O) groups excluding carboxylic acids is 1. The van der Waals surface area contributed by atoms with Gasteiger partial charge in [-0.3, -0.25) is 0 Å². The van der Waals surface area contributed by atoms with Gasteiger partial charge in [0.15, 0.2) is 0 Å². The molecule has 0 atom stereocenters. The van der Waals surface area contributed by atoms with Gasteiger partial charge in [-0.15, -0.1) is 0 Å². The zero-order valence-electron chi connectivity index (χ0n) is 8.42. The molecule has 0 aliphatic carbocycles. The van der Waals surface area contributed by atoms with Crippen molar-refractivity contribution in [3.63, 3.8) is 0 Å². The van der Waals surface area contributed by atoms with Crippen molar-refractivity contribution >= 4 is 6.29 Å². The fraction of sp³-hybridized carbons (Fsp3) is 0.545. The van der Waals surface area contributed by atoms with Crippen LogP contribution in [0.4, 0.5) is 0 Å². The highest BCUT2D eigenvalue weighted by molar-refractivity contribution is 5.49. The lowest BCUT2D eigenvalue weighted by atomic mass is 10.1. The average molecular weight is 179 g/mol. The quantitative estimate of drug-likeness (QED) is 0.486. The lowest BCUT2D eigenvalue weighted by Gasteiger charge is -2.24. The molecule has 0 spiro atoms. The molecule has 2 nitrogen and oxygen atoms in total. The summed E-state index contributed by atoms with van der Waals surface area (Å²) in [6.45, 7) is 6.25. The van der Waals surface area contributed by atoms with Crippen LogP contribution in [0.3, 0.4) is 0 Å². The third-order valence-corrected chi connectivity index (χ3v) is 2.08. The van der Waals surface area contributed by atoms with Gasteiger partial charge in [0.1, 0.15) is 6.29 Å². The van der Waals surface area contributed by atoms with E-state index in [9.17, 15) is 4.79 Å². The first-order chi connectivity index (χ1) is 6.22. The van der Waals surface area contributed by atoms with Crippen molar-refractivity contribution in [1.82, 2.24) is 4.90 Å². The number of unbranched alkanes of at least 4 members (excludes halogenated alkanes) is 1. The van der Waals surface area contributed by atoms with Crippen molar-refractivity contribution in [1.29, 1.82) is 0 Å². The molecule has 1 aliphatic rings. The van der Waals surface area contributed by atoms with E-state index in [-0.39, 0.29) is 0 Å². The fourth-order valence-corrected chi connectivity index (χ4v) is 1.65. The molecule has 0 bridgehead atoms. The Morgan fingerprint density at radius 2 is 2.31 bits per heavy atom. The van der Waals surface area contributed by atoms with Crippen LogP contribution in [0.2, 0.25) is 0 Å². The molecular weight excluding hydrogens is 162 g/mol. The van der Waals surface area contributed by atoms with Gasteiger partial charge in [0.05, 0.1) is 0 Å². The summed E-state index contributed by atoms with van der Waals surface area (Å²) < 4.78 is 0. The van der Waals surface area contributed by atoms with Crippen LogP contribution in [0.25, 0.3) is 0 Å². The van der Waals surface area contributed by atoms with Gasteiger partial charge in [-0.2, -0.15) is 0 Å². The van der Waals surface area contributed by atoms with Crippen molar-refractivity contribution in [2.24, 2.45) is 0 Å². The molecule has 72 valence electrons. The van der Waals surface area contributed by atoms with Gasteiger partial charge in [0.2, 0.25) is 0 Å².